The zero-order chi connectivity index (χ0) is 21.7. The molecule has 0 aliphatic rings. The summed E-state index contributed by atoms with van der Waals surface area (Å²) in [5.74, 6) is -0.242. The van der Waals surface area contributed by atoms with E-state index < -0.39 is 17.0 Å². The van der Waals surface area contributed by atoms with Gasteiger partial charge in [-0.1, -0.05) is 0 Å². The fourth-order valence-corrected chi connectivity index (χ4v) is 3.17. The minimum Gasteiger partial charge on any atom is -0.489 e. The molecule has 0 aliphatic carbocycles. The van der Waals surface area contributed by atoms with Crippen LogP contribution < -0.4 is 10.1 Å². The summed E-state index contributed by atoms with van der Waals surface area (Å²) in [4.78, 5) is 12.3. The number of amides is 1. The lowest BCUT2D eigenvalue weighted by atomic mass is 10.1. The summed E-state index contributed by atoms with van der Waals surface area (Å²) in [6.07, 6.45) is 0. The van der Waals surface area contributed by atoms with Gasteiger partial charge in [0.25, 0.3) is 5.91 Å². The molecule has 0 spiro atoms. The van der Waals surface area contributed by atoms with Crippen molar-refractivity contribution in [3.63, 3.8) is 0 Å². The highest BCUT2D eigenvalue weighted by atomic mass is 79.9. The van der Waals surface area contributed by atoms with E-state index in [0.717, 1.165) is 0 Å². The third-order valence-corrected chi connectivity index (χ3v) is 4.92. The summed E-state index contributed by atoms with van der Waals surface area (Å²) >= 11 is 2.98. The lowest BCUT2D eigenvalue weighted by molar-refractivity contribution is -0.0328. The van der Waals surface area contributed by atoms with Crippen LogP contribution in [0.3, 0.4) is 0 Å². The van der Waals surface area contributed by atoms with Crippen molar-refractivity contribution >= 4 is 33.6 Å². The summed E-state index contributed by atoms with van der Waals surface area (Å²) in [6.45, 7) is 1.26. The molecule has 0 aliphatic heterocycles. The molecule has 1 unspecified atom stereocenters. The van der Waals surface area contributed by atoms with E-state index in [-0.39, 0.29) is 28.8 Å². The second kappa shape index (κ2) is 9.21. The third-order valence-electron chi connectivity index (χ3n) is 3.56. The Bertz CT molecular complexity index is 984. The van der Waals surface area contributed by atoms with Gasteiger partial charge >= 0.3 is 5.51 Å². The number of nitriles is 2. The van der Waals surface area contributed by atoms with Crippen molar-refractivity contribution in [1.29, 1.82) is 10.5 Å². The number of carbonyl (C=O) groups is 1. The molecule has 0 radical (unpaired) electrons. The van der Waals surface area contributed by atoms with Crippen LogP contribution in [0.25, 0.3) is 0 Å². The number of hydrogen-bond donors (Lipinski definition) is 1. The lowest BCUT2D eigenvalue weighted by Gasteiger charge is -2.24. The Morgan fingerprint density at radius 3 is 2.38 bits per heavy atom. The van der Waals surface area contributed by atoms with Crippen LogP contribution in [0, 0.1) is 22.7 Å². The molecule has 29 heavy (non-hydrogen) atoms. The van der Waals surface area contributed by atoms with Gasteiger partial charge in [0.05, 0.1) is 22.2 Å². The maximum absolute atomic E-state index is 12.4. The van der Waals surface area contributed by atoms with Crippen LogP contribution in [0.2, 0.25) is 0 Å². The normalized spacial score (nSPS) is 12.9. The largest absolute Gasteiger partial charge is 0.489 e. The zero-order valence-electron chi connectivity index (χ0n) is 14.9. The van der Waals surface area contributed by atoms with E-state index in [0.29, 0.717) is 15.8 Å². The van der Waals surface area contributed by atoms with Crippen LogP contribution >= 0.6 is 27.7 Å². The van der Waals surface area contributed by atoms with Crippen LogP contribution in [0.4, 0.5) is 13.2 Å². The maximum Gasteiger partial charge on any atom is 0.446 e. The van der Waals surface area contributed by atoms with Crippen molar-refractivity contribution in [3.05, 3.63) is 58.1 Å². The quantitative estimate of drug-likeness (QED) is 0.582. The fourth-order valence-electron chi connectivity index (χ4n) is 2.14. The molecule has 0 saturated heterocycles. The van der Waals surface area contributed by atoms with E-state index in [1.165, 1.54) is 31.2 Å². The Kier molecular flexibility index (Phi) is 7.17. The number of alkyl halides is 3. The molecule has 2 aromatic rings. The number of benzene rings is 2. The summed E-state index contributed by atoms with van der Waals surface area (Å²) in [5, 5.41) is 20.8. The second-order valence-corrected chi connectivity index (χ2v) is 8.01. The van der Waals surface area contributed by atoms with E-state index in [4.69, 9.17) is 10.00 Å². The zero-order valence-corrected chi connectivity index (χ0v) is 17.3. The topological polar surface area (TPSA) is 85.9 Å². The van der Waals surface area contributed by atoms with Gasteiger partial charge in [0.2, 0.25) is 0 Å². The van der Waals surface area contributed by atoms with Crippen LogP contribution in [0.1, 0.15) is 22.8 Å². The average molecular weight is 484 g/mol. The SMILES string of the molecule is CC(C#N)(COc1ccc(C#N)cc1Br)NC(=O)c1ccc(SC(F)(F)F)cc1. The predicted octanol–water partition coefficient (Wildman–Crippen LogP) is 5.02. The van der Waals surface area contributed by atoms with Crippen molar-refractivity contribution in [2.75, 3.05) is 6.61 Å². The standard InChI is InChI=1S/C19H13BrF3N3O2S/c1-18(10-25,11-28-16-7-2-12(9-24)8-15(16)20)26-17(27)13-3-5-14(6-4-13)29-19(21,22)23/h2-8H,11H2,1H3,(H,26,27). The van der Waals surface area contributed by atoms with Crippen molar-refractivity contribution < 1.29 is 22.7 Å². The van der Waals surface area contributed by atoms with Gasteiger partial charge in [-0.2, -0.15) is 23.7 Å². The fraction of sp³-hybridized carbons (Fsp3) is 0.211. The number of nitrogens with zero attached hydrogens (tertiary/aromatic N) is 2. The highest BCUT2D eigenvalue weighted by Gasteiger charge is 2.30. The molecule has 0 heterocycles. The van der Waals surface area contributed by atoms with Crippen molar-refractivity contribution in [2.24, 2.45) is 0 Å². The highest BCUT2D eigenvalue weighted by molar-refractivity contribution is 9.10. The third kappa shape index (κ3) is 6.70. The molecular formula is C19H13BrF3N3O2S. The predicted molar refractivity (Wildman–Crippen MR) is 104 cm³/mol. The molecular weight excluding hydrogens is 471 g/mol. The number of carbonyl (C=O) groups excluding carboxylic acids is 1. The van der Waals surface area contributed by atoms with Crippen molar-refractivity contribution in [2.45, 2.75) is 22.9 Å². The van der Waals surface area contributed by atoms with Gasteiger partial charge in [0.1, 0.15) is 12.4 Å². The van der Waals surface area contributed by atoms with Crippen LogP contribution in [-0.4, -0.2) is 23.6 Å². The molecule has 0 saturated carbocycles. The molecule has 150 valence electrons. The summed E-state index contributed by atoms with van der Waals surface area (Å²) in [7, 11) is 0. The highest BCUT2D eigenvalue weighted by Crippen LogP contribution is 2.36. The molecule has 0 aromatic heterocycles. The first-order chi connectivity index (χ1) is 13.5. The first-order valence-corrected chi connectivity index (χ1v) is 9.58. The molecule has 2 aromatic carbocycles. The Labute approximate surface area is 177 Å². The van der Waals surface area contributed by atoms with Gasteiger partial charge in [-0.05, 0) is 77.1 Å². The first kappa shape index (κ1) is 22.6. The smallest absolute Gasteiger partial charge is 0.446 e. The number of thioether (sulfide) groups is 1. The summed E-state index contributed by atoms with van der Waals surface area (Å²) < 4.78 is 43.2. The molecule has 10 heteroatoms. The Balaban J connectivity index is 2.05. The van der Waals surface area contributed by atoms with Gasteiger partial charge in [0, 0.05) is 10.5 Å². The molecule has 1 N–H and O–H groups in total. The average Bonchev–Trinajstić information content (AvgIpc) is 2.66. The summed E-state index contributed by atoms with van der Waals surface area (Å²) in [6, 6.07) is 13.5. The van der Waals surface area contributed by atoms with Gasteiger partial charge in [0.15, 0.2) is 5.54 Å². The van der Waals surface area contributed by atoms with E-state index in [1.54, 1.807) is 18.2 Å². The number of rotatable bonds is 6. The first-order valence-electron chi connectivity index (χ1n) is 7.97. The second-order valence-electron chi connectivity index (χ2n) is 6.02. The van der Waals surface area contributed by atoms with E-state index in [2.05, 4.69) is 21.2 Å². The minimum absolute atomic E-state index is 0.0499. The number of nitrogens with one attached hydrogen (secondary N) is 1. The Hall–Kier alpha value is -2.69. The lowest BCUT2D eigenvalue weighted by Crippen LogP contribution is -2.49. The number of ether oxygens (including phenoxy) is 1. The minimum atomic E-state index is -4.42. The van der Waals surface area contributed by atoms with Crippen LogP contribution in [0.5, 0.6) is 5.75 Å². The number of halogens is 4. The molecule has 2 rings (SSSR count). The van der Waals surface area contributed by atoms with Gasteiger partial charge in [-0.15, -0.1) is 0 Å². The van der Waals surface area contributed by atoms with E-state index in [1.807, 2.05) is 12.1 Å². The van der Waals surface area contributed by atoms with Crippen LogP contribution in [-0.2, 0) is 0 Å². The van der Waals surface area contributed by atoms with E-state index in [9.17, 15) is 23.2 Å². The maximum atomic E-state index is 12.4. The number of hydrogen-bond acceptors (Lipinski definition) is 5. The molecule has 1 amide bonds. The van der Waals surface area contributed by atoms with Gasteiger partial charge in [-0.25, -0.2) is 0 Å². The molecule has 1 atom stereocenters. The van der Waals surface area contributed by atoms with Crippen LogP contribution in [0.15, 0.2) is 51.8 Å². The summed E-state index contributed by atoms with van der Waals surface area (Å²) in [5.41, 5.74) is -5.28. The molecule has 0 bridgehead atoms. The molecule has 0 fully saturated rings. The van der Waals surface area contributed by atoms with Crippen molar-refractivity contribution in [3.8, 4) is 17.9 Å². The van der Waals surface area contributed by atoms with E-state index >= 15 is 0 Å². The van der Waals surface area contributed by atoms with Gasteiger partial charge in [-0.3, -0.25) is 4.79 Å². The molecule has 5 nitrogen and oxygen atoms in total. The Morgan fingerprint density at radius 2 is 1.86 bits per heavy atom. The van der Waals surface area contributed by atoms with Crippen molar-refractivity contribution in [1.82, 2.24) is 5.32 Å². The van der Waals surface area contributed by atoms with Gasteiger partial charge < -0.3 is 10.1 Å². The Morgan fingerprint density at radius 1 is 1.21 bits per heavy atom. The monoisotopic (exact) mass is 483 g/mol.